The number of fused-ring (bicyclic) bond motifs is 1. The Kier molecular flexibility index (Phi) is 3.42. The topological polar surface area (TPSA) is 59.2 Å². The molecule has 0 radical (unpaired) electrons. The van der Waals surface area contributed by atoms with Gasteiger partial charge >= 0.3 is 0 Å². The SMILES string of the molecule is CN(C)c1nnc(Sc2nc(Br)cn3ccnc23)s1. The fourth-order valence-electron chi connectivity index (χ4n) is 1.45. The third kappa shape index (κ3) is 2.58. The van der Waals surface area contributed by atoms with Gasteiger partial charge in [0.1, 0.15) is 9.63 Å². The molecule has 0 aromatic carbocycles. The van der Waals surface area contributed by atoms with E-state index in [-0.39, 0.29) is 0 Å². The van der Waals surface area contributed by atoms with E-state index in [0.717, 1.165) is 24.7 Å². The molecule has 0 fully saturated rings. The summed E-state index contributed by atoms with van der Waals surface area (Å²) in [6.45, 7) is 0. The summed E-state index contributed by atoms with van der Waals surface area (Å²) in [5.41, 5.74) is 0.815. The molecule has 3 heterocycles. The monoisotopic (exact) mass is 356 g/mol. The summed E-state index contributed by atoms with van der Waals surface area (Å²) in [7, 11) is 3.89. The maximum Gasteiger partial charge on any atom is 0.208 e. The van der Waals surface area contributed by atoms with Crippen molar-refractivity contribution >= 4 is 49.8 Å². The number of aromatic nitrogens is 5. The summed E-state index contributed by atoms with van der Waals surface area (Å²) in [6.07, 6.45) is 5.51. The molecule has 0 atom stereocenters. The van der Waals surface area contributed by atoms with E-state index < -0.39 is 0 Å². The Morgan fingerprint density at radius 2 is 2.21 bits per heavy atom. The molecule has 0 aliphatic heterocycles. The standard InChI is InChI=1S/C10H9BrN6S2/c1-16(2)9-14-15-10(19-9)18-8-7-12-3-4-17(7)5-6(11)13-8/h3-5H,1-2H3. The zero-order valence-corrected chi connectivity index (χ0v) is 13.3. The van der Waals surface area contributed by atoms with Gasteiger partial charge in [0.05, 0.1) is 0 Å². The van der Waals surface area contributed by atoms with Crippen LogP contribution in [0.5, 0.6) is 0 Å². The summed E-state index contributed by atoms with van der Waals surface area (Å²) in [4.78, 5) is 10.7. The highest BCUT2D eigenvalue weighted by molar-refractivity contribution is 9.10. The van der Waals surface area contributed by atoms with Gasteiger partial charge in [-0.15, -0.1) is 10.2 Å². The van der Waals surface area contributed by atoms with Crippen LogP contribution in [0.4, 0.5) is 5.13 Å². The van der Waals surface area contributed by atoms with Crippen molar-refractivity contribution in [1.82, 2.24) is 24.6 Å². The van der Waals surface area contributed by atoms with Gasteiger partial charge in [0.2, 0.25) is 5.13 Å². The smallest absolute Gasteiger partial charge is 0.208 e. The molecule has 0 saturated carbocycles. The number of nitrogens with zero attached hydrogens (tertiary/aromatic N) is 6. The molecule has 0 amide bonds. The van der Waals surface area contributed by atoms with Gasteiger partial charge in [-0.2, -0.15) is 0 Å². The molecule has 0 N–H and O–H groups in total. The molecule has 0 aliphatic carbocycles. The van der Waals surface area contributed by atoms with Gasteiger partial charge in [0, 0.05) is 32.7 Å². The lowest BCUT2D eigenvalue weighted by molar-refractivity contribution is 0.965. The summed E-state index contributed by atoms with van der Waals surface area (Å²) in [5, 5.41) is 9.94. The van der Waals surface area contributed by atoms with Crippen molar-refractivity contribution in [3.63, 3.8) is 0 Å². The largest absolute Gasteiger partial charge is 0.353 e. The molecule has 0 spiro atoms. The van der Waals surface area contributed by atoms with E-state index in [1.165, 1.54) is 23.1 Å². The van der Waals surface area contributed by atoms with Crippen molar-refractivity contribution in [3.05, 3.63) is 23.2 Å². The Morgan fingerprint density at radius 3 is 2.95 bits per heavy atom. The van der Waals surface area contributed by atoms with E-state index in [4.69, 9.17) is 0 Å². The first-order chi connectivity index (χ1) is 9.13. The molecule has 3 aromatic heterocycles. The van der Waals surface area contributed by atoms with E-state index in [9.17, 15) is 0 Å². The van der Waals surface area contributed by atoms with E-state index in [1.54, 1.807) is 6.20 Å². The van der Waals surface area contributed by atoms with Crippen LogP contribution >= 0.6 is 39.0 Å². The number of rotatable bonds is 3. The molecular weight excluding hydrogens is 348 g/mol. The van der Waals surface area contributed by atoms with Crippen molar-refractivity contribution in [2.45, 2.75) is 9.37 Å². The van der Waals surface area contributed by atoms with E-state index in [0.29, 0.717) is 0 Å². The van der Waals surface area contributed by atoms with Gasteiger partial charge in [-0.25, -0.2) is 9.97 Å². The number of hydrogen-bond donors (Lipinski definition) is 0. The van der Waals surface area contributed by atoms with Crippen LogP contribution in [0.2, 0.25) is 0 Å². The normalized spacial score (nSPS) is 11.1. The average Bonchev–Trinajstić information content (AvgIpc) is 2.96. The van der Waals surface area contributed by atoms with Crippen LogP contribution in [0.15, 0.2) is 32.6 Å². The zero-order valence-electron chi connectivity index (χ0n) is 10.1. The first-order valence-electron chi connectivity index (χ1n) is 5.31. The van der Waals surface area contributed by atoms with Gasteiger partial charge in [0.25, 0.3) is 0 Å². The first kappa shape index (κ1) is 12.8. The second-order valence-electron chi connectivity index (χ2n) is 3.87. The second kappa shape index (κ2) is 5.06. The molecule has 3 aromatic rings. The fraction of sp³-hybridized carbons (Fsp3) is 0.200. The fourth-order valence-corrected chi connectivity index (χ4v) is 3.73. The van der Waals surface area contributed by atoms with Gasteiger partial charge < -0.3 is 9.30 Å². The van der Waals surface area contributed by atoms with Gasteiger partial charge in [-0.3, -0.25) is 0 Å². The minimum atomic E-state index is 0.762. The molecule has 3 rings (SSSR count). The summed E-state index contributed by atoms with van der Waals surface area (Å²) in [5.74, 6) is 0. The van der Waals surface area contributed by atoms with E-state index >= 15 is 0 Å². The Bertz CT molecular complexity index is 722. The Balaban J connectivity index is 1.97. The molecule has 0 saturated heterocycles. The lowest BCUT2D eigenvalue weighted by Crippen LogP contribution is -2.07. The Labute approximate surface area is 126 Å². The highest BCUT2D eigenvalue weighted by atomic mass is 79.9. The maximum absolute atomic E-state index is 4.44. The minimum Gasteiger partial charge on any atom is -0.353 e. The van der Waals surface area contributed by atoms with Crippen LogP contribution in [0.1, 0.15) is 0 Å². The summed E-state index contributed by atoms with van der Waals surface area (Å²) in [6, 6.07) is 0. The molecule has 9 heteroatoms. The molecule has 0 bridgehead atoms. The average molecular weight is 357 g/mol. The number of hydrogen-bond acceptors (Lipinski definition) is 7. The third-order valence-electron chi connectivity index (χ3n) is 2.28. The molecule has 19 heavy (non-hydrogen) atoms. The van der Waals surface area contributed by atoms with Crippen LogP contribution in [0.3, 0.4) is 0 Å². The van der Waals surface area contributed by atoms with Crippen LogP contribution in [-0.2, 0) is 0 Å². The molecular formula is C10H9BrN6S2. The first-order valence-corrected chi connectivity index (χ1v) is 7.74. The summed E-state index contributed by atoms with van der Waals surface area (Å²) < 4.78 is 3.53. The quantitative estimate of drug-likeness (QED) is 0.718. The highest BCUT2D eigenvalue weighted by Crippen LogP contribution is 2.33. The van der Waals surface area contributed by atoms with Crippen molar-refractivity contribution in [1.29, 1.82) is 0 Å². The van der Waals surface area contributed by atoms with Crippen LogP contribution in [0.25, 0.3) is 5.65 Å². The molecule has 0 unspecified atom stereocenters. The van der Waals surface area contributed by atoms with Gasteiger partial charge in [-0.05, 0) is 27.7 Å². The lowest BCUT2D eigenvalue weighted by Gasteiger charge is -2.04. The molecule has 6 nitrogen and oxygen atoms in total. The van der Waals surface area contributed by atoms with E-state index in [1.807, 2.05) is 35.8 Å². The third-order valence-corrected chi connectivity index (χ3v) is 4.77. The lowest BCUT2D eigenvalue weighted by atomic mass is 10.7. The number of anilines is 1. The van der Waals surface area contributed by atoms with Crippen LogP contribution in [-0.4, -0.2) is 38.7 Å². The van der Waals surface area contributed by atoms with Gasteiger partial charge in [0.15, 0.2) is 9.99 Å². The Hall–Kier alpha value is -1.19. The second-order valence-corrected chi connectivity index (χ2v) is 6.88. The van der Waals surface area contributed by atoms with Crippen molar-refractivity contribution in [3.8, 4) is 0 Å². The predicted octanol–water partition coefficient (Wildman–Crippen LogP) is 2.56. The molecule has 98 valence electrons. The Morgan fingerprint density at radius 1 is 1.37 bits per heavy atom. The van der Waals surface area contributed by atoms with Crippen LogP contribution in [0, 0.1) is 0 Å². The van der Waals surface area contributed by atoms with Crippen molar-refractivity contribution in [2.24, 2.45) is 0 Å². The van der Waals surface area contributed by atoms with Gasteiger partial charge in [-0.1, -0.05) is 11.3 Å². The highest BCUT2D eigenvalue weighted by Gasteiger charge is 2.12. The number of halogens is 1. The number of imidazole rings is 1. The summed E-state index contributed by atoms with van der Waals surface area (Å²) >= 11 is 6.39. The van der Waals surface area contributed by atoms with Crippen molar-refractivity contribution in [2.75, 3.05) is 19.0 Å². The minimum absolute atomic E-state index is 0.762. The predicted molar refractivity (Wildman–Crippen MR) is 79.0 cm³/mol. The van der Waals surface area contributed by atoms with E-state index in [2.05, 4.69) is 36.1 Å². The van der Waals surface area contributed by atoms with Crippen LogP contribution < -0.4 is 4.90 Å². The zero-order chi connectivity index (χ0) is 13.4. The maximum atomic E-state index is 4.44. The molecule has 0 aliphatic rings. The van der Waals surface area contributed by atoms with Crippen molar-refractivity contribution < 1.29 is 0 Å².